The largest absolute Gasteiger partial charge is 0.403 e. The van der Waals surface area contributed by atoms with Crippen LogP contribution in [0.1, 0.15) is 16.8 Å². The summed E-state index contributed by atoms with van der Waals surface area (Å²) in [6, 6.07) is 13.2. The van der Waals surface area contributed by atoms with Gasteiger partial charge in [-0.2, -0.15) is 0 Å². The lowest BCUT2D eigenvalue weighted by atomic mass is 10.1. The minimum absolute atomic E-state index is 0.00424. The molecule has 7 nitrogen and oxygen atoms in total. The summed E-state index contributed by atoms with van der Waals surface area (Å²) >= 11 is 0. The second-order valence-corrected chi connectivity index (χ2v) is 6.98. The Balaban J connectivity index is 1.62. The maximum Gasteiger partial charge on any atom is 0.318 e. The second-order valence-electron chi connectivity index (χ2n) is 6.98. The lowest BCUT2D eigenvalue weighted by Crippen LogP contribution is -2.23. The molecule has 1 N–H and O–H groups in total. The zero-order valence-corrected chi connectivity index (χ0v) is 16.7. The number of amides is 1. The highest BCUT2D eigenvalue weighted by molar-refractivity contribution is 6.04. The van der Waals surface area contributed by atoms with Crippen LogP contribution in [0.3, 0.4) is 0 Å². The third-order valence-corrected chi connectivity index (χ3v) is 4.35. The molecule has 0 fully saturated rings. The van der Waals surface area contributed by atoms with Gasteiger partial charge in [0.05, 0.1) is 5.56 Å². The fraction of sp³-hybridized carbons (Fsp3) is 0.286. The van der Waals surface area contributed by atoms with E-state index in [9.17, 15) is 9.18 Å². The summed E-state index contributed by atoms with van der Waals surface area (Å²) in [4.78, 5) is 16.2. The normalized spacial score (nSPS) is 10.9. The number of halogens is 1. The number of aromatic nitrogens is 2. The summed E-state index contributed by atoms with van der Waals surface area (Å²) in [6.45, 7) is 1.78. The lowest BCUT2D eigenvalue weighted by Gasteiger charge is -2.15. The van der Waals surface area contributed by atoms with Crippen molar-refractivity contribution < 1.29 is 13.6 Å². The SMILES string of the molecule is CN(C)CCCN(C)c1nnc(-c2ccc(NC(=O)c3ccccc3F)cc2)o1. The van der Waals surface area contributed by atoms with Crippen LogP contribution in [-0.4, -0.2) is 55.2 Å². The number of nitrogens with zero attached hydrogens (tertiary/aromatic N) is 4. The average Bonchev–Trinajstić information content (AvgIpc) is 3.19. The summed E-state index contributed by atoms with van der Waals surface area (Å²) in [5.74, 6) is -0.670. The molecule has 0 saturated heterocycles. The molecule has 2 aromatic carbocycles. The number of carbonyl (C=O) groups is 1. The summed E-state index contributed by atoms with van der Waals surface area (Å²) in [5.41, 5.74) is 1.27. The van der Waals surface area contributed by atoms with Gasteiger partial charge in [0, 0.05) is 24.8 Å². The minimum Gasteiger partial charge on any atom is -0.403 e. The molecule has 0 saturated carbocycles. The summed E-state index contributed by atoms with van der Waals surface area (Å²) in [7, 11) is 5.98. The van der Waals surface area contributed by atoms with Crippen LogP contribution in [0, 0.1) is 5.82 Å². The van der Waals surface area contributed by atoms with Gasteiger partial charge >= 0.3 is 6.01 Å². The number of carbonyl (C=O) groups excluding carboxylic acids is 1. The fourth-order valence-corrected chi connectivity index (χ4v) is 2.75. The first-order chi connectivity index (χ1) is 13.9. The number of rotatable bonds is 8. The van der Waals surface area contributed by atoms with E-state index < -0.39 is 11.7 Å². The Morgan fingerprint density at radius 3 is 2.45 bits per heavy atom. The maximum atomic E-state index is 13.7. The Hall–Kier alpha value is -3.26. The van der Waals surface area contributed by atoms with Crippen molar-refractivity contribution in [2.45, 2.75) is 6.42 Å². The van der Waals surface area contributed by atoms with Gasteiger partial charge < -0.3 is 19.5 Å². The molecule has 0 aliphatic carbocycles. The van der Waals surface area contributed by atoms with E-state index in [1.165, 1.54) is 12.1 Å². The van der Waals surface area contributed by atoms with Crippen molar-refractivity contribution in [2.24, 2.45) is 0 Å². The molecule has 0 aliphatic rings. The first kappa shape index (κ1) is 20.5. The Kier molecular flexibility index (Phi) is 6.56. The van der Waals surface area contributed by atoms with Crippen LogP contribution in [0.25, 0.3) is 11.5 Å². The summed E-state index contributed by atoms with van der Waals surface area (Å²) in [5, 5.41) is 10.9. The predicted molar refractivity (Wildman–Crippen MR) is 111 cm³/mol. The Labute approximate surface area is 169 Å². The van der Waals surface area contributed by atoms with E-state index in [2.05, 4.69) is 20.4 Å². The van der Waals surface area contributed by atoms with Crippen LogP contribution in [0.15, 0.2) is 52.9 Å². The van der Waals surface area contributed by atoms with Crippen molar-refractivity contribution in [3.8, 4) is 11.5 Å². The van der Waals surface area contributed by atoms with E-state index in [0.717, 1.165) is 25.1 Å². The van der Waals surface area contributed by atoms with Gasteiger partial charge in [0.25, 0.3) is 5.91 Å². The standard InChI is InChI=1S/C21H24FN5O2/c1-26(2)13-6-14-27(3)21-25-24-20(29-21)15-9-11-16(12-10-15)23-19(28)17-7-4-5-8-18(17)22/h4-5,7-12H,6,13-14H2,1-3H3,(H,23,28). The molecule has 0 bridgehead atoms. The molecule has 29 heavy (non-hydrogen) atoms. The first-order valence-electron chi connectivity index (χ1n) is 9.29. The van der Waals surface area contributed by atoms with Crippen LogP contribution in [0.5, 0.6) is 0 Å². The highest BCUT2D eigenvalue weighted by atomic mass is 19.1. The average molecular weight is 397 g/mol. The molecule has 152 valence electrons. The van der Waals surface area contributed by atoms with E-state index in [1.807, 2.05) is 26.0 Å². The Morgan fingerprint density at radius 2 is 1.76 bits per heavy atom. The molecule has 0 radical (unpaired) electrons. The third-order valence-electron chi connectivity index (χ3n) is 4.35. The van der Waals surface area contributed by atoms with E-state index in [0.29, 0.717) is 17.6 Å². The molecule has 1 aromatic heterocycles. The monoisotopic (exact) mass is 397 g/mol. The number of anilines is 2. The van der Waals surface area contributed by atoms with Gasteiger partial charge in [0.1, 0.15) is 5.82 Å². The number of hydrogen-bond acceptors (Lipinski definition) is 6. The van der Waals surface area contributed by atoms with Crippen molar-refractivity contribution in [1.82, 2.24) is 15.1 Å². The molecule has 3 rings (SSSR count). The van der Waals surface area contributed by atoms with Gasteiger partial charge in [-0.05, 0) is 63.5 Å². The van der Waals surface area contributed by atoms with Crippen molar-refractivity contribution in [3.63, 3.8) is 0 Å². The molecule has 0 aliphatic heterocycles. The Bertz CT molecular complexity index is 956. The molecule has 0 unspecified atom stereocenters. The van der Waals surface area contributed by atoms with E-state index in [1.54, 1.807) is 36.4 Å². The van der Waals surface area contributed by atoms with Crippen LogP contribution in [-0.2, 0) is 0 Å². The van der Waals surface area contributed by atoms with Gasteiger partial charge in [-0.3, -0.25) is 4.79 Å². The van der Waals surface area contributed by atoms with Gasteiger partial charge in [0.15, 0.2) is 0 Å². The number of benzene rings is 2. The highest BCUT2D eigenvalue weighted by Gasteiger charge is 2.14. The van der Waals surface area contributed by atoms with E-state index in [-0.39, 0.29) is 5.56 Å². The van der Waals surface area contributed by atoms with Crippen LogP contribution < -0.4 is 10.2 Å². The van der Waals surface area contributed by atoms with E-state index >= 15 is 0 Å². The zero-order valence-electron chi connectivity index (χ0n) is 16.7. The molecular formula is C21H24FN5O2. The molecule has 8 heteroatoms. The van der Waals surface area contributed by atoms with Crippen molar-refractivity contribution in [2.75, 3.05) is 44.4 Å². The maximum absolute atomic E-state index is 13.7. The van der Waals surface area contributed by atoms with Crippen molar-refractivity contribution in [3.05, 3.63) is 59.9 Å². The molecule has 1 heterocycles. The smallest absolute Gasteiger partial charge is 0.318 e. The highest BCUT2D eigenvalue weighted by Crippen LogP contribution is 2.23. The fourth-order valence-electron chi connectivity index (χ4n) is 2.75. The molecule has 0 spiro atoms. The quantitative estimate of drug-likeness (QED) is 0.627. The van der Waals surface area contributed by atoms with Gasteiger partial charge in [-0.15, -0.1) is 5.10 Å². The molecule has 3 aromatic rings. The second kappa shape index (κ2) is 9.29. The molecule has 0 atom stereocenters. The van der Waals surface area contributed by atoms with E-state index in [4.69, 9.17) is 4.42 Å². The summed E-state index contributed by atoms with van der Waals surface area (Å²) in [6.07, 6.45) is 0.984. The van der Waals surface area contributed by atoms with Gasteiger partial charge in [-0.1, -0.05) is 17.2 Å². The molecular weight excluding hydrogens is 373 g/mol. The molecule has 1 amide bonds. The zero-order chi connectivity index (χ0) is 20.8. The first-order valence-corrected chi connectivity index (χ1v) is 9.29. The van der Waals surface area contributed by atoms with Crippen LogP contribution in [0.2, 0.25) is 0 Å². The number of nitrogens with one attached hydrogen (secondary N) is 1. The van der Waals surface area contributed by atoms with Crippen molar-refractivity contribution >= 4 is 17.6 Å². The van der Waals surface area contributed by atoms with Crippen LogP contribution in [0.4, 0.5) is 16.1 Å². The minimum atomic E-state index is -0.560. The predicted octanol–water partition coefficient (Wildman–Crippen LogP) is 3.52. The van der Waals surface area contributed by atoms with Crippen molar-refractivity contribution in [1.29, 1.82) is 0 Å². The Morgan fingerprint density at radius 1 is 1.03 bits per heavy atom. The lowest BCUT2D eigenvalue weighted by molar-refractivity contribution is 0.102. The topological polar surface area (TPSA) is 74.5 Å². The van der Waals surface area contributed by atoms with Gasteiger partial charge in [-0.25, -0.2) is 4.39 Å². The van der Waals surface area contributed by atoms with Gasteiger partial charge in [0.2, 0.25) is 5.89 Å². The number of hydrogen-bond donors (Lipinski definition) is 1. The van der Waals surface area contributed by atoms with Crippen LogP contribution >= 0.6 is 0 Å². The third kappa shape index (κ3) is 5.39. The summed E-state index contributed by atoms with van der Waals surface area (Å²) < 4.78 is 19.5.